The van der Waals surface area contributed by atoms with Gasteiger partial charge in [-0.1, -0.05) is 30.3 Å². The van der Waals surface area contributed by atoms with E-state index in [0.29, 0.717) is 12.1 Å². The van der Waals surface area contributed by atoms with E-state index in [1.165, 1.54) is 0 Å². The topological polar surface area (TPSA) is 70.7 Å². The number of anilines is 1. The Balaban J connectivity index is 1.47. The second-order valence-electron chi connectivity index (χ2n) is 9.23. The maximum atomic E-state index is 13.8. The molecule has 35 heavy (non-hydrogen) atoms. The monoisotopic (exact) mass is 489 g/mol. The highest BCUT2D eigenvalue weighted by Crippen LogP contribution is 2.51. The summed E-state index contributed by atoms with van der Waals surface area (Å²) in [6.07, 6.45) is 1.87. The van der Waals surface area contributed by atoms with Gasteiger partial charge in [-0.2, -0.15) is 0 Å². The first kappa shape index (κ1) is 23.6. The highest BCUT2D eigenvalue weighted by molar-refractivity contribution is 7.86. The number of fused-ring (bicyclic) bond motifs is 2. The van der Waals surface area contributed by atoms with Gasteiger partial charge >= 0.3 is 0 Å². The van der Waals surface area contributed by atoms with Crippen molar-refractivity contribution in [3.05, 3.63) is 89.5 Å². The van der Waals surface area contributed by atoms with Crippen LogP contribution in [0.2, 0.25) is 0 Å². The van der Waals surface area contributed by atoms with Crippen molar-refractivity contribution in [3.8, 4) is 5.75 Å². The molecule has 2 atom stereocenters. The molecule has 2 aliphatic heterocycles. The standard InChI is InChI=1S/C28H31N3O3S/c1-20-28(14-16-29-17-15-28)25-18-22(27(32)30-19-21-6-4-3-5-7-21)8-13-26(25)31(20)35(33)24-11-9-23(34-2)10-12-24/h3-13,18,20,29H,14-17,19H2,1-2H3,(H,30,32). The van der Waals surface area contributed by atoms with E-state index in [4.69, 9.17) is 4.74 Å². The minimum atomic E-state index is -1.38. The third kappa shape index (κ3) is 4.34. The zero-order valence-electron chi connectivity index (χ0n) is 20.1. The second kappa shape index (κ2) is 9.84. The molecular weight excluding hydrogens is 458 g/mol. The lowest BCUT2D eigenvalue weighted by atomic mass is 9.70. The number of ether oxygens (including phenoxy) is 1. The number of amides is 1. The van der Waals surface area contributed by atoms with E-state index in [2.05, 4.69) is 17.6 Å². The van der Waals surface area contributed by atoms with Gasteiger partial charge in [-0.3, -0.25) is 9.10 Å². The highest BCUT2D eigenvalue weighted by Gasteiger charge is 2.51. The second-order valence-corrected chi connectivity index (χ2v) is 10.6. The third-order valence-corrected chi connectivity index (χ3v) is 8.96. The average molecular weight is 490 g/mol. The van der Waals surface area contributed by atoms with E-state index in [1.807, 2.05) is 77.1 Å². The quantitative estimate of drug-likeness (QED) is 0.545. The molecule has 3 aromatic carbocycles. The SMILES string of the molecule is COc1ccc(S(=O)N2c3ccc(C(=O)NCc4ccccc4)cc3C3(CCNCC3)C2C)cc1. The Kier molecular flexibility index (Phi) is 6.62. The summed E-state index contributed by atoms with van der Waals surface area (Å²) in [6.45, 7) is 4.45. The summed E-state index contributed by atoms with van der Waals surface area (Å²) in [7, 11) is 0.247. The van der Waals surface area contributed by atoms with E-state index in [1.54, 1.807) is 7.11 Å². The molecule has 3 aromatic rings. The van der Waals surface area contributed by atoms with Gasteiger partial charge in [0.1, 0.15) is 5.75 Å². The lowest BCUT2D eigenvalue weighted by Crippen LogP contribution is -2.49. The molecular formula is C28H31N3O3S. The molecule has 1 fully saturated rings. The summed E-state index contributed by atoms with van der Waals surface area (Å²) in [5.74, 6) is 0.643. The Labute approximate surface area is 209 Å². The highest BCUT2D eigenvalue weighted by atomic mass is 32.2. The fraction of sp³-hybridized carbons (Fsp3) is 0.321. The Morgan fingerprint density at radius 1 is 1.09 bits per heavy atom. The predicted molar refractivity (Wildman–Crippen MR) is 139 cm³/mol. The van der Waals surface area contributed by atoms with Gasteiger partial charge in [0, 0.05) is 17.5 Å². The maximum Gasteiger partial charge on any atom is 0.251 e. The van der Waals surface area contributed by atoms with Crippen molar-refractivity contribution in [2.24, 2.45) is 0 Å². The number of hydrogen-bond donors (Lipinski definition) is 2. The van der Waals surface area contributed by atoms with Crippen molar-refractivity contribution in [2.75, 3.05) is 24.5 Å². The van der Waals surface area contributed by atoms with Crippen LogP contribution in [0.25, 0.3) is 0 Å². The molecule has 2 heterocycles. The molecule has 5 rings (SSSR count). The van der Waals surface area contributed by atoms with Crippen molar-refractivity contribution in [1.82, 2.24) is 10.6 Å². The molecule has 2 unspecified atom stereocenters. The summed E-state index contributed by atoms with van der Waals surface area (Å²) < 4.78 is 21.1. The van der Waals surface area contributed by atoms with Gasteiger partial charge in [0.05, 0.1) is 23.7 Å². The molecule has 0 aliphatic carbocycles. The van der Waals surface area contributed by atoms with Crippen LogP contribution in [0.4, 0.5) is 5.69 Å². The van der Waals surface area contributed by atoms with E-state index < -0.39 is 11.0 Å². The average Bonchev–Trinajstić information content (AvgIpc) is 3.14. The maximum absolute atomic E-state index is 13.8. The molecule has 1 spiro atoms. The predicted octanol–water partition coefficient (Wildman–Crippen LogP) is 4.18. The van der Waals surface area contributed by atoms with E-state index >= 15 is 0 Å². The lowest BCUT2D eigenvalue weighted by molar-refractivity contribution is 0.0950. The van der Waals surface area contributed by atoms with Crippen LogP contribution in [0, 0.1) is 0 Å². The number of carbonyl (C=O) groups excluding carboxylic acids is 1. The largest absolute Gasteiger partial charge is 0.497 e. The molecule has 0 bridgehead atoms. The number of methoxy groups -OCH3 is 1. The van der Waals surface area contributed by atoms with Crippen LogP contribution in [0.15, 0.2) is 77.7 Å². The smallest absolute Gasteiger partial charge is 0.251 e. The first-order valence-corrected chi connectivity index (χ1v) is 13.2. The van der Waals surface area contributed by atoms with Gasteiger partial charge in [0.2, 0.25) is 0 Å². The Hall–Kier alpha value is -3.16. The van der Waals surface area contributed by atoms with Crippen molar-refractivity contribution in [3.63, 3.8) is 0 Å². The molecule has 2 N–H and O–H groups in total. The zero-order valence-corrected chi connectivity index (χ0v) is 20.9. The lowest BCUT2D eigenvalue weighted by Gasteiger charge is -2.40. The normalized spacial score (nSPS) is 19.3. The van der Waals surface area contributed by atoms with E-state index in [0.717, 1.165) is 53.4 Å². The van der Waals surface area contributed by atoms with Gasteiger partial charge in [0.15, 0.2) is 11.0 Å². The number of rotatable bonds is 6. The van der Waals surface area contributed by atoms with Crippen molar-refractivity contribution in [2.45, 2.75) is 42.7 Å². The molecule has 0 aromatic heterocycles. The van der Waals surface area contributed by atoms with Crippen LogP contribution in [0.1, 0.15) is 41.3 Å². The zero-order chi connectivity index (χ0) is 24.4. The van der Waals surface area contributed by atoms with Gasteiger partial charge in [-0.05, 0) is 86.4 Å². The summed E-state index contributed by atoms with van der Waals surface area (Å²) in [5.41, 5.74) is 3.63. The van der Waals surface area contributed by atoms with Crippen LogP contribution in [-0.2, 0) is 22.9 Å². The number of benzene rings is 3. The summed E-state index contributed by atoms with van der Waals surface area (Å²) in [4.78, 5) is 13.8. The number of carbonyl (C=O) groups is 1. The van der Waals surface area contributed by atoms with Crippen LogP contribution < -0.4 is 19.7 Å². The first-order chi connectivity index (χ1) is 17.0. The van der Waals surface area contributed by atoms with Gasteiger partial charge < -0.3 is 15.4 Å². The van der Waals surface area contributed by atoms with Crippen molar-refractivity contribution in [1.29, 1.82) is 0 Å². The molecule has 1 amide bonds. The number of nitrogens with one attached hydrogen (secondary N) is 2. The van der Waals surface area contributed by atoms with Gasteiger partial charge in [0.25, 0.3) is 5.91 Å². The fourth-order valence-corrected chi connectivity index (χ4v) is 6.83. The number of piperidine rings is 1. The molecule has 1 saturated heterocycles. The van der Waals surface area contributed by atoms with Crippen molar-refractivity contribution >= 4 is 22.6 Å². The van der Waals surface area contributed by atoms with Crippen LogP contribution in [0.5, 0.6) is 5.75 Å². The van der Waals surface area contributed by atoms with E-state index in [-0.39, 0.29) is 17.4 Å². The Bertz CT molecular complexity index is 1220. The third-order valence-electron chi connectivity index (χ3n) is 7.42. The Morgan fingerprint density at radius 3 is 2.49 bits per heavy atom. The molecule has 0 saturated carbocycles. The molecule has 182 valence electrons. The Morgan fingerprint density at radius 2 is 1.80 bits per heavy atom. The fourth-order valence-electron chi connectivity index (χ4n) is 5.41. The molecule has 0 radical (unpaired) electrons. The summed E-state index contributed by atoms with van der Waals surface area (Å²) in [5, 5.41) is 6.51. The summed E-state index contributed by atoms with van der Waals surface area (Å²) >= 11 is 0. The minimum absolute atomic E-state index is 0.0326. The van der Waals surface area contributed by atoms with E-state index in [9.17, 15) is 9.00 Å². The first-order valence-electron chi connectivity index (χ1n) is 12.1. The van der Waals surface area contributed by atoms with Crippen LogP contribution in [-0.4, -0.2) is 36.4 Å². The van der Waals surface area contributed by atoms with Crippen LogP contribution >= 0.6 is 0 Å². The molecule has 6 nitrogen and oxygen atoms in total. The number of hydrogen-bond acceptors (Lipinski definition) is 4. The summed E-state index contributed by atoms with van der Waals surface area (Å²) in [6, 6.07) is 23.2. The number of nitrogens with zero attached hydrogens (tertiary/aromatic N) is 1. The molecule has 2 aliphatic rings. The van der Waals surface area contributed by atoms with Crippen LogP contribution in [0.3, 0.4) is 0 Å². The minimum Gasteiger partial charge on any atom is -0.497 e. The van der Waals surface area contributed by atoms with Gasteiger partial charge in [-0.15, -0.1) is 0 Å². The molecule has 7 heteroatoms. The van der Waals surface area contributed by atoms with Gasteiger partial charge in [-0.25, -0.2) is 4.21 Å². The van der Waals surface area contributed by atoms with Crippen molar-refractivity contribution < 1.29 is 13.7 Å².